The highest BCUT2D eigenvalue weighted by Gasteiger charge is 2.18. The van der Waals surface area contributed by atoms with Crippen molar-refractivity contribution in [2.75, 3.05) is 7.11 Å². The van der Waals surface area contributed by atoms with Crippen molar-refractivity contribution in [2.24, 2.45) is 5.92 Å². The van der Waals surface area contributed by atoms with Gasteiger partial charge in [-0.2, -0.15) is 0 Å². The molecule has 0 saturated heterocycles. The second-order valence-corrected chi connectivity index (χ2v) is 6.24. The summed E-state index contributed by atoms with van der Waals surface area (Å²) < 4.78 is 5.17. The Hall–Kier alpha value is -2.82. The van der Waals surface area contributed by atoms with Gasteiger partial charge < -0.3 is 15.2 Å². The summed E-state index contributed by atoms with van der Waals surface area (Å²) in [6, 6.07) is 13.9. The number of hydrogen-bond donors (Lipinski definition) is 2. The Morgan fingerprint density at radius 2 is 1.64 bits per heavy atom. The summed E-state index contributed by atoms with van der Waals surface area (Å²) in [6.45, 7) is 4.10. The van der Waals surface area contributed by atoms with Crippen molar-refractivity contribution < 1.29 is 19.4 Å². The van der Waals surface area contributed by atoms with Crippen LogP contribution in [0.5, 0.6) is 5.75 Å². The van der Waals surface area contributed by atoms with Crippen LogP contribution in [-0.2, 0) is 11.2 Å². The quantitative estimate of drug-likeness (QED) is 0.809. The molecule has 25 heavy (non-hydrogen) atoms. The first-order valence-electron chi connectivity index (χ1n) is 8.16. The number of rotatable bonds is 7. The lowest BCUT2D eigenvalue weighted by atomic mass is 9.95. The SMILES string of the molecule is COc1ccc(C(NC(=O)Cc2ccc(C(=O)O)cc2)C(C)C)cc1. The third-order valence-electron chi connectivity index (χ3n) is 4.02. The zero-order chi connectivity index (χ0) is 18.4. The van der Waals surface area contributed by atoms with Gasteiger partial charge in [0.05, 0.1) is 25.1 Å². The molecule has 5 heteroatoms. The summed E-state index contributed by atoms with van der Waals surface area (Å²) in [5, 5.41) is 12.0. The Kier molecular flexibility index (Phi) is 6.17. The monoisotopic (exact) mass is 341 g/mol. The summed E-state index contributed by atoms with van der Waals surface area (Å²) in [7, 11) is 1.62. The summed E-state index contributed by atoms with van der Waals surface area (Å²) in [5.41, 5.74) is 2.01. The second kappa shape index (κ2) is 8.33. The maximum atomic E-state index is 12.4. The maximum absolute atomic E-state index is 12.4. The van der Waals surface area contributed by atoms with Crippen LogP contribution in [0.15, 0.2) is 48.5 Å². The van der Waals surface area contributed by atoms with E-state index in [-0.39, 0.29) is 29.9 Å². The number of benzene rings is 2. The fraction of sp³-hybridized carbons (Fsp3) is 0.300. The van der Waals surface area contributed by atoms with Crippen LogP contribution >= 0.6 is 0 Å². The summed E-state index contributed by atoms with van der Waals surface area (Å²) in [6.07, 6.45) is 0.208. The molecule has 0 spiro atoms. The van der Waals surface area contributed by atoms with E-state index < -0.39 is 5.97 Å². The van der Waals surface area contributed by atoms with Gasteiger partial charge >= 0.3 is 5.97 Å². The summed E-state index contributed by atoms with van der Waals surface area (Å²) >= 11 is 0. The number of methoxy groups -OCH3 is 1. The Morgan fingerprint density at radius 1 is 1.04 bits per heavy atom. The number of carbonyl (C=O) groups is 2. The highest BCUT2D eigenvalue weighted by molar-refractivity contribution is 5.87. The average Bonchev–Trinajstić information content (AvgIpc) is 2.60. The lowest BCUT2D eigenvalue weighted by Gasteiger charge is -2.23. The molecule has 2 aromatic rings. The Bertz CT molecular complexity index is 720. The lowest BCUT2D eigenvalue weighted by molar-refractivity contribution is -0.121. The molecule has 0 fully saturated rings. The van der Waals surface area contributed by atoms with Crippen molar-refractivity contribution in [1.82, 2.24) is 5.32 Å². The van der Waals surface area contributed by atoms with Gasteiger partial charge in [0.15, 0.2) is 0 Å². The van der Waals surface area contributed by atoms with Crippen molar-refractivity contribution in [3.05, 3.63) is 65.2 Å². The van der Waals surface area contributed by atoms with Gasteiger partial charge in [-0.3, -0.25) is 4.79 Å². The van der Waals surface area contributed by atoms with E-state index in [9.17, 15) is 9.59 Å². The molecule has 2 N–H and O–H groups in total. The molecule has 0 radical (unpaired) electrons. The average molecular weight is 341 g/mol. The molecule has 0 aliphatic rings. The number of amides is 1. The first-order valence-corrected chi connectivity index (χ1v) is 8.16. The minimum atomic E-state index is -0.977. The van der Waals surface area contributed by atoms with E-state index in [0.717, 1.165) is 16.9 Å². The van der Waals surface area contributed by atoms with Crippen LogP contribution in [0.25, 0.3) is 0 Å². The van der Waals surface area contributed by atoms with Gasteiger partial charge in [-0.15, -0.1) is 0 Å². The van der Waals surface area contributed by atoms with Gasteiger partial charge in [0.1, 0.15) is 5.75 Å². The van der Waals surface area contributed by atoms with Gasteiger partial charge in [0, 0.05) is 0 Å². The van der Waals surface area contributed by atoms with Crippen molar-refractivity contribution >= 4 is 11.9 Å². The highest BCUT2D eigenvalue weighted by atomic mass is 16.5. The molecule has 2 aromatic carbocycles. The number of carbonyl (C=O) groups excluding carboxylic acids is 1. The van der Waals surface area contributed by atoms with E-state index in [2.05, 4.69) is 19.2 Å². The number of hydrogen-bond acceptors (Lipinski definition) is 3. The molecule has 0 saturated carbocycles. The third-order valence-corrected chi connectivity index (χ3v) is 4.02. The van der Waals surface area contributed by atoms with Crippen molar-refractivity contribution in [3.63, 3.8) is 0 Å². The minimum Gasteiger partial charge on any atom is -0.497 e. The first-order chi connectivity index (χ1) is 11.9. The number of carboxylic acids is 1. The summed E-state index contributed by atoms with van der Waals surface area (Å²) in [5.74, 6) is -0.0733. The van der Waals surface area contributed by atoms with Crippen LogP contribution in [0.2, 0.25) is 0 Å². The molecule has 132 valence electrons. The minimum absolute atomic E-state index is 0.0995. The predicted octanol–water partition coefficient (Wildman–Crippen LogP) is 3.45. The largest absolute Gasteiger partial charge is 0.497 e. The van der Waals surface area contributed by atoms with Crippen LogP contribution < -0.4 is 10.1 Å². The highest BCUT2D eigenvalue weighted by Crippen LogP contribution is 2.24. The van der Waals surface area contributed by atoms with Gasteiger partial charge in [-0.05, 0) is 41.3 Å². The predicted molar refractivity (Wildman–Crippen MR) is 95.8 cm³/mol. The molecule has 0 heterocycles. The molecule has 0 aromatic heterocycles. The van der Waals surface area contributed by atoms with Crippen LogP contribution in [-0.4, -0.2) is 24.1 Å². The van der Waals surface area contributed by atoms with Crippen LogP contribution in [0.3, 0.4) is 0 Å². The van der Waals surface area contributed by atoms with Gasteiger partial charge in [-0.1, -0.05) is 38.1 Å². The number of ether oxygens (including phenoxy) is 1. The van der Waals surface area contributed by atoms with Gasteiger partial charge in [-0.25, -0.2) is 4.79 Å². The molecule has 5 nitrogen and oxygen atoms in total. The molecule has 1 atom stereocenters. The number of aromatic carboxylic acids is 1. The standard InChI is InChI=1S/C20H23NO4/c1-13(2)19(15-8-10-17(25-3)11-9-15)21-18(22)12-14-4-6-16(7-5-14)20(23)24/h4-11,13,19H,12H2,1-3H3,(H,21,22)(H,23,24). The van der Waals surface area contributed by atoms with Gasteiger partial charge in [0.25, 0.3) is 0 Å². The van der Waals surface area contributed by atoms with Crippen LogP contribution in [0, 0.1) is 5.92 Å². The molecular formula is C20H23NO4. The van der Waals surface area contributed by atoms with E-state index in [1.54, 1.807) is 19.2 Å². The van der Waals surface area contributed by atoms with E-state index in [0.29, 0.717) is 0 Å². The lowest BCUT2D eigenvalue weighted by Crippen LogP contribution is -2.32. The Balaban J connectivity index is 2.05. The van der Waals surface area contributed by atoms with Crippen molar-refractivity contribution in [1.29, 1.82) is 0 Å². The molecular weight excluding hydrogens is 318 g/mol. The Morgan fingerprint density at radius 3 is 2.12 bits per heavy atom. The molecule has 1 amide bonds. The van der Waals surface area contributed by atoms with Crippen molar-refractivity contribution in [3.8, 4) is 5.75 Å². The topological polar surface area (TPSA) is 75.6 Å². The molecule has 2 rings (SSSR count). The smallest absolute Gasteiger partial charge is 0.335 e. The zero-order valence-corrected chi connectivity index (χ0v) is 14.7. The number of carboxylic acid groups (broad SMARTS) is 1. The second-order valence-electron chi connectivity index (χ2n) is 6.24. The van der Waals surface area contributed by atoms with E-state index in [1.807, 2.05) is 24.3 Å². The van der Waals surface area contributed by atoms with Crippen LogP contribution in [0.1, 0.15) is 41.4 Å². The van der Waals surface area contributed by atoms with E-state index in [1.165, 1.54) is 12.1 Å². The fourth-order valence-corrected chi connectivity index (χ4v) is 2.62. The van der Waals surface area contributed by atoms with Gasteiger partial charge in [0.2, 0.25) is 5.91 Å². The molecule has 0 bridgehead atoms. The molecule has 1 unspecified atom stereocenters. The zero-order valence-electron chi connectivity index (χ0n) is 14.7. The molecule has 0 aliphatic carbocycles. The number of nitrogens with one attached hydrogen (secondary N) is 1. The maximum Gasteiger partial charge on any atom is 0.335 e. The third kappa shape index (κ3) is 5.08. The molecule has 0 aliphatic heterocycles. The Labute approximate surface area is 147 Å². The van der Waals surface area contributed by atoms with E-state index in [4.69, 9.17) is 9.84 Å². The van der Waals surface area contributed by atoms with E-state index >= 15 is 0 Å². The normalized spacial score (nSPS) is 11.8. The first kappa shape index (κ1) is 18.5. The fourth-order valence-electron chi connectivity index (χ4n) is 2.62. The van der Waals surface area contributed by atoms with Crippen molar-refractivity contribution in [2.45, 2.75) is 26.3 Å². The summed E-state index contributed by atoms with van der Waals surface area (Å²) in [4.78, 5) is 23.3. The van der Waals surface area contributed by atoms with Crippen LogP contribution in [0.4, 0.5) is 0 Å².